The minimum absolute atomic E-state index is 0.0679. The second-order valence-electron chi connectivity index (χ2n) is 9.11. The van der Waals surface area contributed by atoms with E-state index in [9.17, 15) is 4.79 Å². The Balaban J connectivity index is 2.80. The summed E-state index contributed by atoms with van der Waals surface area (Å²) in [5.41, 5.74) is 6.34. The van der Waals surface area contributed by atoms with E-state index in [2.05, 4.69) is 73.6 Å². The summed E-state index contributed by atoms with van der Waals surface area (Å²) in [6, 6.07) is 6.44. The van der Waals surface area contributed by atoms with Crippen LogP contribution >= 0.6 is 0 Å². The van der Waals surface area contributed by atoms with Crippen molar-refractivity contribution in [1.29, 1.82) is 0 Å². The number of rotatable bonds is 3. The van der Waals surface area contributed by atoms with Gasteiger partial charge >= 0.3 is 0 Å². The van der Waals surface area contributed by atoms with Gasteiger partial charge in [0.2, 0.25) is 0 Å². The molecule has 0 radical (unpaired) electrons. The van der Waals surface area contributed by atoms with E-state index in [0.29, 0.717) is 0 Å². The molecule has 0 fully saturated rings. The van der Waals surface area contributed by atoms with E-state index < -0.39 is 0 Å². The fourth-order valence-corrected chi connectivity index (χ4v) is 3.34. The Morgan fingerprint density at radius 1 is 0.808 bits per heavy atom. The average molecular weight is 352 g/mol. The zero-order valence-electron chi connectivity index (χ0n) is 17.7. The maximum atomic E-state index is 12.4. The summed E-state index contributed by atoms with van der Waals surface area (Å²) < 4.78 is 0. The van der Waals surface area contributed by atoms with E-state index in [4.69, 9.17) is 4.99 Å². The van der Waals surface area contributed by atoms with Crippen molar-refractivity contribution < 1.29 is 4.79 Å². The molecule has 2 heteroatoms. The number of aryl methyl sites for hydroxylation is 2. The third-order valence-electron chi connectivity index (χ3n) is 4.89. The Bertz CT molecular complexity index is 734. The van der Waals surface area contributed by atoms with Crippen LogP contribution in [0.5, 0.6) is 0 Å². The van der Waals surface area contributed by atoms with Gasteiger partial charge in [-0.25, -0.2) is 4.99 Å². The number of carbonyl (C=O) groups is 1. The molecule has 2 rings (SSSR count). The van der Waals surface area contributed by atoms with E-state index in [0.717, 1.165) is 35.4 Å². The van der Waals surface area contributed by atoms with Crippen molar-refractivity contribution in [2.24, 2.45) is 15.8 Å². The lowest BCUT2D eigenvalue weighted by Gasteiger charge is -2.33. The lowest BCUT2D eigenvalue weighted by molar-refractivity contribution is -0.110. The predicted molar refractivity (Wildman–Crippen MR) is 112 cm³/mol. The number of aliphatic imine (C=N–C) groups is 1. The smallest absolute Gasteiger partial charge is 0.179 e. The molecule has 0 aliphatic heterocycles. The second kappa shape index (κ2) is 7.34. The summed E-state index contributed by atoms with van der Waals surface area (Å²) in [5.74, 6) is 0.0679. The van der Waals surface area contributed by atoms with E-state index in [-0.39, 0.29) is 16.6 Å². The van der Waals surface area contributed by atoms with Crippen LogP contribution in [0.4, 0.5) is 5.69 Å². The first-order chi connectivity index (χ1) is 12.0. The Morgan fingerprint density at radius 2 is 1.23 bits per heavy atom. The summed E-state index contributed by atoms with van der Waals surface area (Å²) in [6.07, 6.45) is 5.44. The number of allylic oxidation sites excluding steroid dienone is 4. The number of hydrogen-bond donors (Lipinski definition) is 0. The molecule has 0 atom stereocenters. The molecule has 2 nitrogen and oxygen atoms in total. The molecule has 0 N–H and O–H groups in total. The normalized spacial score (nSPS) is 15.7. The zero-order valence-corrected chi connectivity index (χ0v) is 17.7. The minimum Gasteiger partial charge on any atom is -0.290 e. The number of nitrogens with zero attached hydrogens (tertiary/aromatic N) is 1. The molecule has 1 aromatic rings. The largest absolute Gasteiger partial charge is 0.290 e. The van der Waals surface area contributed by atoms with Crippen molar-refractivity contribution >= 4 is 17.2 Å². The summed E-state index contributed by atoms with van der Waals surface area (Å²) >= 11 is 0. The average Bonchev–Trinajstić information content (AvgIpc) is 2.54. The Labute approximate surface area is 159 Å². The quantitative estimate of drug-likeness (QED) is 0.578. The topological polar surface area (TPSA) is 29.4 Å². The molecular weight excluding hydrogens is 318 g/mol. The number of para-hydroxylation sites is 1. The highest BCUT2D eigenvalue weighted by atomic mass is 16.1. The SMILES string of the molecule is CCc1cccc(CC)c1N=C1C(C(C)(C)C)=CC(=O)C=C1C(C)(C)C. The first-order valence-electron chi connectivity index (χ1n) is 9.67. The Hall–Kier alpha value is -1.96. The van der Waals surface area contributed by atoms with Crippen molar-refractivity contribution in [3.63, 3.8) is 0 Å². The van der Waals surface area contributed by atoms with Gasteiger partial charge in [-0.3, -0.25) is 4.79 Å². The molecule has 0 bridgehead atoms. The highest BCUT2D eigenvalue weighted by molar-refractivity contribution is 6.24. The fourth-order valence-electron chi connectivity index (χ4n) is 3.34. The fraction of sp³-hybridized carbons (Fsp3) is 0.500. The highest BCUT2D eigenvalue weighted by Crippen LogP contribution is 2.40. The van der Waals surface area contributed by atoms with Crippen LogP contribution in [-0.4, -0.2) is 11.5 Å². The van der Waals surface area contributed by atoms with Crippen LogP contribution in [0.1, 0.15) is 66.5 Å². The van der Waals surface area contributed by atoms with Crippen LogP contribution in [-0.2, 0) is 17.6 Å². The number of benzene rings is 1. The molecule has 0 spiro atoms. The molecule has 1 aliphatic rings. The van der Waals surface area contributed by atoms with Gasteiger partial charge in [0.05, 0.1) is 11.4 Å². The van der Waals surface area contributed by atoms with Gasteiger partial charge in [0.15, 0.2) is 5.78 Å². The zero-order chi connectivity index (χ0) is 19.7. The van der Waals surface area contributed by atoms with Crippen molar-refractivity contribution in [2.75, 3.05) is 0 Å². The van der Waals surface area contributed by atoms with Crippen LogP contribution in [0, 0.1) is 10.8 Å². The summed E-state index contributed by atoms with van der Waals surface area (Å²) in [7, 11) is 0. The highest BCUT2D eigenvalue weighted by Gasteiger charge is 2.33. The van der Waals surface area contributed by atoms with Gasteiger partial charge in [0, 0.05) is 0 Å². The third-order valence-corrected chi connectivity index (χ3v) is 4.89. The molecule has 1 aromatic carbocycles. The molecule has 0 aromatic heterocycles. The van der Waals surface area contributed by atoms with E-state index >= 15 is 0 Å². The van der Waals surface area contributed by atoms with E-state index in [1.165, 1.54) is 11.1 Å². The molecule has 0 amide bonds. The second-order valence-corrected chi connectivity index (χ2v) is 9.11. The standard InChI is InChI=1S/C24H33NO/c1-9-16-12-11-13-17(10-2)21(16)25-22-19(23(3,4)5)14-18(26)15-20(22)24(6,7)8/h11-15H,9-10H2,1-8H3. The number of ketones is 1. The third kappa shape index (κ3) is 4.23. The maximum Gasteiger partial charge on any atom is 0.179 e. The summed E-state index contributed by atoms with van der Waals surface area (Å²) in [6.45, 7) is 17.3. The molecule has 0 saturated heterocycles. The monoisotopic (exact) mass is 351 g/mol. The lowest BCUT2D eigenvalue weighted by Crippen LogP contribution is -2.29. The predicted octanol–water partition coefficient (Wildman–Crippen LogP) is 6.41. The van der Waals surface area contributed by atoms with Crippen molar-refractivity contribution in [2.45, 2.75) is 68.2 Å². The van der Waals surface area contributed by atoms with Crippen molar-refractivity contribution in [3.05, 3.63) is 52.6 Å². The van der Waals surface area contributed by atoms with Gasteiger partial charge in [0.25, 0.3) is 0 Å². The first kappa shape index (κ1) is 20.4. The van der Waals surface area contributed by atoms with Gasteiger partial charge in [0.1, 0.15) is 0 Å². The van der Waals surface area contributed by atoms with Crippen LogP contribution in [0.25, 0.3) is 0 Å². The van der Waals surface area contributed by atoms with E-state index in [1.807, 2.05) is 0 Å². The molecular formula is C24H33NO. The first-order valence-corrected chi connectivity index (χ1v) is 9.67. The van der Waals surface area contributed by atoms with E-state index in [1.54, 1.807) is 12.2 Å². The Kier molecular flexibility index (Phi) is 5.75. The lowest BCUT2D eigenvalue weighted by atomic mass is 9.72. The summed E-state index contributed by atoms with van der Waals surface area (Å²) in [4.78, 5) is 17.6. The molecule has 0 saturated carbocycles. The van der Waals surface area contributed by atoms with Gasteiger partial charge < -0.3 is 0 Å². The minimum atomic E-state index is -0.146. The number of hydrogen-bond acceptors (Lipinski definition) is 2. The summed E-state index contributed by atoms with van der Waals surface area (Å²) in [5, 5.41) is 0. The van der Waals surface area contributed by atoms with Crippen LogP contribution in [0.3, 0.4) is 0 Å². The maximum absolute atomic E-state index is 12.4. The van der Waals surface area contributed by atoms with Crippen LogP contribution in [0.2, 0.25) is 0 Å². The van der Waals surface area contributed by atoms with Crippen molar-refractivity contribution in [1.82, 2.24) is 0 Å². The van der Waals surface area contributed by atoms with Crippen LogP contribution in [0.15, 0.2) is 46.5 Å². The van der Waals surface area contributed by atoms with Crippen molar-refractivity contribution in [3.8, 4) is 0 Å². The molecule has 0 heterocycles. The molecule has 26 heavy (non-hydrogen) atoms. The molecule has 0 unspecified atom stereocenters. The van der Waals surface area contributed by atoms with Crippen LogP contribution < -0.4 is 0 Å². The van der Waals surface area contributed by atoms with Gasteiger partial charge in [-0.05, 0) is 58.1 Å². The molecule has 1 aliphatic carbocycles. The van der Waals surface area contributed by atoms with Gasteiger partial charge in [-0.1, -0.05) is 73.6 Å². The Morgan fingerprint density at radius 3 is 1.58 bits per heavy atom. The van der Waals surface area contributed by atoms with Gasteiger partial charge in [-0.2, -0.15) is 0 Å². The molecule has 140 valence electrons. The number of carbonyl (C=O) groups excluding carboxylic acids is 1. The van der Waals surface area contributed by atoms with Gasteiger partial charge in [-0.15, -0.1) is 0 Å².